The van der Waals surface area contributed by atoms with Gasteiger partial charge in [0.15, 0.2) is 5.82 Å². The standard InChI is InChI=1S/C12H23N3O2/c1-9(8-12(2,3)17-6)13-10-7-11(16-5)15(4)14-10/h7,9H,8H2,1-6H3,(H,13,14). The van der Waals surface area contributed by atoms with Crippen molar-refractivity contribution in [2.45, 2.75) is 38.8 Å². The lowest BCUT2D eigenvalue weighted by Crippen LogP contribution is -2.31. The molecule has 1 unspecified atom stereocenters. The summed E-state index contributed by atoms with van der Waals surface area (Å²) in [4.78, 5) is 0. The largest absolute Gasteiger partial charge is 0.481 e. The third-order valence-corrected chi connectivity index (χ3v) is 2.79. The average Bonchev–Trinajstić information content (AvgIpc) is 2.57. The summed E-state index contributed by atoms with van der Waals surface area (Å²) < 4.78 is 12.3. The van der Waals surface area contributed by atoms with Crippen LogP contribution in [0.2, 0.25) is 0 Å². The van der Waals surface area contributed by atoms with Crippen molar-refractivity contribution in [3.8, 4) is 5.88 Å². The molecule has 1 rings (SSSR count). The fourth-order valence-corrected chi connectivity index (χ4v) is 1.84. The van der Waals surface area contributed by atoms with Crippen molar-refractivity contribution >= 4 is 5.82 Å². The quantitative estimate of drug-likeness (QED) is 0.828. The van der Waals surface area contributed by atoms with E-state index in [2.05, 4.69) is 31.2 Å². The van der Waals surface area contributed by atoms with Gasteiger partial charge in [0, 0.05) is 26.3 Å². The maximum absolute atomic E-state index is 5.41. The molecule has 1 atom stereocenters. The van der Waals surface area contributed by atoms with Crippen LogP contribution in [0.25, 0.3) is 0 Å². The van der Waals surface area contributed by atoms with Crippen LogP contribution in [0.1, 0.15) is 27.2 Å². The van der Waals surface area contributed by atoms with Gasteiger partial charge in [-0.25, -0.2) is 4.68 Å². The molecule has 5 heteroatoms. The number of hydrogen-bond donors (Lipinski definition) is 1. The zero-order chi connectivity index (χ0) is 13.1. The van der Waals surface area contributed by atoms with Gasteiger partial charge in [-0.3, -0.25) is 0 Å². The summed E-state index contributed by atoms with van der Waals surface area (Å²) in [6.07, 6.45) is 0.905. The predicted octanol–water partition coefficient (Wildman–Crippen LogP) is 2.04. The number of anilines is 1. The van der Waals surface area contributed by atoms with Crippen LogP contribution < -0.4 is 10.1 Å². The smallest absolute Gasteiger partial charge is 0.213 e. The molecule has 1 aromatic rings. The Balaban J connectivity index is 2.58. The van der Waals surface area contributed by atoms with E-state index in [1.165, 1.54) is 0 Å². The van der Waals surface area contributed by atoms with Crippen LogP contribution in [0.3, 0.4) is 0 Å². The molecular weight excluding hydrogens is 218 g/mol. The van der Waals surface area contributed by atoms with Gasteiger partial charge in [-0.05, 0) is 27.2 Å². The molecule has 0 aromatic carbocycles. The van der Waals surface area contributed by atoms with Gasteiger partial charge in [-0.1, -0.05) is 0 Å². The second-order valence-corrected chi connectivity index (χ2v) is 4.91. The molecule has 17 heavy (non-hydrogen) atoms. The number of hydrogen-bond acceptors (Lipinski definition) is 4. The van der Waals surface area contributed by atoms with Crippen LogP contribution in [0.5, 0.6) is 5.88 Å². The highest BCUT2D eigenvalue weighted by molar-refractivity contribution is 5.39. The fourth-order valence-electron chi connectivity index (χ4n) is 1.84. The van der Waals surface area contributed by atoms with Crippen LogP contribution in [0.4, 0.5) is 5.82 Å². The second-order valence-electron chi connectivity index (χ2n) is 4.91. The maximum Gasteiger partial charge on any atom is 0.213 e. The molecule has 0 aliphatic carbocycles. The van der Waals surface area contributed by atoms with E-state index in [1.54, 1.807) is 18.9 Å². The molecule has 0 aliphatic heterocycles. The third kappa shape index (κ3) is 3.93. The van der Waals surface area contributed by atoms with Crippen LogP contribution in [-0.4, -0.2) is 35.6 Å². The molecule has 1 N–H and O–H groups in total. The second kappa shape index (κ2) is 5.40. The Hall–Kier alpha value is -1.23. The Morgan fingerprint density at radius 3 is 2.59 bits per heavy atom. The van der Waals surface area contributed by atoms with Crippen molar-refractivity contribution in [1.29, 1.82) is 0 Å². The molecule has 0 spiro atoms. The maximum atomic E-state index is 5.41. The summed E-state index contributed by atoms with van der Waals surface area (Å²) in [5.41, 5.74) is -0.134. The van der Waals surface area contributed by atoms with Gasteiger partial charge in [0.25, 0.3) is 0 Å². The summed E-state index contributed by atoms with van der Waals surface area (Å²) >= 11 is 0. The minimum absolute atomic E-state index is 0.134. The van der Waals surface area contributed by atoms with Gasteiger partial charge in [-0.15, -0.1) is 0 Å². The molecule has 0 saturated heterocycles. The number of methoxy groups -OCH3 is 2. The number of aryl methyl sites for hydroxylation is 1. The number of ether oxygens (including phenoxy) is 2. The zero-order valence-electron chi connectivity index (χ0n) is 11.6. The average molecular weight is 241 g/mol. The van der Waals surface area contributed by atoms with Crippen LogP contribution in [0.15, 0.2) is 6.07 Å². The summed E-state index contributed by atoms with van der Waals surface area (Å²) in [5.74, 6) is 1.56. The van der Waals surface area contributed by atoms with Crippen molar-refractivity contribution in [3.63, 3.8) is 0 Å². The van der Waals surface area contributed by atoms with Gasteiger partial charge in [0.1, 0.15) is 0 Å². The Morgan fingerprint density at radius 1 is 1.47 bits per heavy atom. The monoisotopic (exact) mass is 241 g/mol. The normalized spacial score (nSPS) is 13.5. The first kappa shape index (κ1) is 13.8. The predicted molar refractivity (Wildman–Crippen MR) is 68.5 cm³/mol. The van der Waals surface area contributed by atoms with Gasteiger partial charge in [0.05, 0.1) is 12.7 Å². The Labute approximate surface area is 103 Å². The highest BCUT2D eigenvalue weighted by Gasteiger charge is 2.20. The summed E-state index contributed by atoms with van der Waals surface area (Å²) in [6.45, 7) is 6.26. The summed E-state index contributed by atoms with van der Waals surface area (Å²) in [5, 5.41) is 7.65. The fraction of sp³-hybridized carbons (Fsp3) is 0.750. The Bertz CT molecular complexity index is 361. The van der Waals surface area contributed by atoms with E-state index in [9.17, 15) is 0 Å². The van der Waals surface area contributed by atoms with E-state index in [0.717, 1.165) is 18.1 Å². The van der Waals surface area contributed by atoms with Crippen molar-refractivity contribution in [2.75, 3.05) is 19.5 Å². The molecular formula is C12H23N3O2. The molecule has 0 aliphatic rings. The lowest BCUT2D eigenvalue weighted by molar-refractivity contribution is 0.0128. The molecule has 1 aromatic heterocycles. The van der Waals surface area contributed by atoms with E-state index in [4.69, 9.17) is 9.47 Å². The molecule has 5 nitrogen and oxygen atoms in total. The first-order valence-electron chi connectivity index (χ1n) is 5.77. The molecule has 1 heterocycles. The van der Waals surface area contributed by atoms with Crippen LogP contribution in [0, 0.1) is 0 Å². The molecule has 0 fully saturated rings. The van der Waals surface area contributed by atoms with E-state index >= 15 is 0 Å². The third-order valence-electron chi connectivity index (χ3n) is 2.79. The van der Waals surface area contributed by atoms with Crippen molar-refractivity contribution in [3.05, 3.63) is 6.07 Å². The topological polar surface area (TPSA) is 48.3 Å². The lowest BCUT2D eigenvalue weighted by atomic mass is 10.00. The lowest BCUT2D eigenvalue weighted by Gasteiger charge is -2.26. The van der Waals surface area contributed by atoms with Crippen LogP contribution >= 0.6 is 0 Å². The number of nitrogens with zero attached hydrogens (tertiary/aromatic N) is 2. The molecule has 0 amide bonds. The van der Waals surface area contributed by atoms with Crippen LogP contribution in [-0.2, 0) is 11.8 Å². The van der Waals surface area contributed by atoms with Gasteiger partial charge in [0.2, 0.25) is 5.88 Å². The number of nitrogens with one attached hydrogen (secondary N) is 1. The van der Waals surface area contributed by atoms with E-state index < -0.39 is 0 Å². The van der Waals surface area contributed by atoms with Gasteiger partial charge < -0.3 is 14.8 Å². The molecule has 0 radical (unpaired) electrons. The van der Waals surface area contributed by atoms with E-state index in [-0.39, 0.29) is 11.6 Å². The number of aromatic nitrogens is 2. The number of rotatable bonds is 6. The first-order chi connectivity index (χ1) is 7.88. The van der Waals surface area contributed by atoms with Crippen molar-refractivity contribution in [2.24, 2.45) is 7.05 Å². The molecule has 0 bridgehead atoms. The highest BCUT2D eigenvalue weighted by atomic mass is 16.5. The van der Waals surface area contributed by atoms with Gasteiger partial charge in [-0.2, -0.15) is 5.10 Å². The van der Waals surface area contributed by atoms with Crippen molar-refractivity contribution in [1.82, 2.24) is 9.78 Å². The molecule has 98 valence electrons. The minimum atomic E-state index is -0.134. The zero-order valence-corrected chi connectivity index (χ0v) is 11.6. The van der Waals surface area contributed by atoms with E-state index in [1.807, 2.05) is 13.1 Å². The summed E-state index contributed by atoms with van der Waals surface area (Å²) in [7, 11) is 5.22. The Morgan fingerprint density at radius 2 is 2.12 bits per heavy atom. The first-order valence-corrected chi connectivity index (χ1v) is 5.77. The summed E-state index contributed by atoms with van der Waals surface area (Å²) in [6, 6.07) is 2.17. The minimum Gasteiger partial charge on any atom is -0.481 e. The van der Waals surface area contributed by atoms with E-state index in [0.29, 0.717) is 0 Å². The van der Waals surface area contributed by atoms with Crippen molar-refractivity contribution < 1.29 is 9.47 Å². The van der Waals surface area contributed by atoms with Gasteiger partial charge >= 0.3 is 0 Å². The highest BCUT2D eigenvalue weighted by Crippen LogP contribution is 2.20. The Kier molecular flexibility index (Phi) is 4.40. The molecule has 0 saturated carbocycles. The SMILES string of the molecule is COc1cc(NC(C)CC(C)(C)OC)nn1C.